The minimum Gasteiger partial charge on any atom is -0.432 e. The average Bonchev–Trinajstić information content (AvgIpc) is 3.30. The molecule has 3 aliphatic heterocycles. The summed E-state index contributed by atoms with van der Waals surface area (Å²) in [6, 6.07) is 0. The number of hydrogen-bond donors (Lipinski definition) is 12. The second kappa shape index (κ2) is 19.1. The van der Waals surface area contributed by atoms with Gasteiger partial charge in [0.05, 0.1) is 43.5 Å². The van der Waals surface area contributed by atoms with E-state index in [9.17, 15) is 61.3 Å². The fourth-order valence-electron chi connectivity index (χ4n) is 15.1. The molecule has 5 aliphatic carbocycles. The number of hydrogen-bond acceptors (Lipinski definition) is 20. The fraction of sp³-hybridized carbons (Fsp3) is 0.938. The Kier molecular flexibility index (Phi) is 14.8. The molecule has 0 aromatic heterocycles. The third kappa shape index (κ3) is 8.07. The summed E-state index contributed by atoms with van der Waals surface area (Å²) in [6.07, 6.45) is -19.2. The van der Waals surface area contributed by atoms with Crippen LogP contribution in [0.4, 0.5) is 0 Å². The van der Waals surface area contributed by atoms with Gasteiger partial charge in [-0.15, -0.1) is 0 Å². The number of carbonyl (C=O) groups excluding carboxylic acids is 1. The number of aliphatic hydroxyl groups is 12. The number of carbonyl (C=O) groups is 1. The van der Waals surface area contributed by atoms with Crippen molar-refractivity contribution >= 4 is 5.97 Å². The predicted octanol–water partition coefficient (Wildman–Crippen LogP) is -1.10. The van der Waals surface area contributed by atoms with E-state index >= 15 is 4.79 Å². The van der Waals surface area contributed by atoms with Gasteiger partial charge in [-0.05, 0) is 104 Å². The third-order valence-corrected chi connectivity index (χ3v) is 19.7. The summed E-state index contributed by atoms with van der Waals surface area (Å²) >= 11 is 0. The van der Waals surface area contributed by atoms with E-state index in [2.05, 4.69) is 40.7 Å². The standard InChI is InChI=1S/C48H78O20/c1-20-10-13-48(15-14-46(6)23(29(48)21(20)2)8-9-28-44(4)16-24(51)39(60)45(5,19-50)27(44)11-12-47(28,46)7)43(61)66-41-35(57)33(55)31(53)26(65-41)18-62-40-37(59)34(56)38(25(17-49)64-40)67-68-42-36(58)32(54)30(52)22(3)63-42/h8,20-22,24-42,49-60H,9-19H2,1-7H3/t20-,21-,22-,24+,25-,26-,27+,28+,29-,30-,31-,32+,33+,34+,35-,36-,37+,38-,39-,40-,41+,42+,44-,45-,46+,47+,48-/m0/s1. The monoisotopic (exact) mass is 975 g/mol. The molecule has 390 valence electrons. The van der Waals surface area contributed by atoms with Crippen LogP contribution in [0.1, 0.15) is 99.8 Å². The third-order valence-electron chi connectivity index (χ3n) is 19.7. The van der Waals surface area contributed by atoms with E-state index < -0.39 is 134 Å². The largest absolute Gasteiger partial charge is 0.432 e. The summed E-state index contributed by atoms with van der Waals surface area (Å²) < 4.78 is 28.8. The zero-order chi connectivity index (χ0) is 49.8. The maximum absolute atomic E-state index is 15.0. The number of rotatable bonds is 10. The Labute approximate surface area is 397 Å². The Morgan fingerprint density at radius 1 is 0.691 bits per heavy atom. The van der Waals surface area contributed by atoms with Crippen molar-refractivity contribution in [3.05, 3.63) is 11.6 Å². The molecular weight excluding hydrogens is 897 g/mol. The van der Waals surface area contributed by atoms with Crippen LogP contribution in [0.5, 0.6) is 0 Å². The number of allylic oxidation sites excluding steroid dienone is 2. The Morgan fingerprint density at radius 2 is 1.34 bits per heavy atom. The topological polar surface area (TPSA) is 324 Å². The van der Waals surface area contributed by atoms with Crippen molar-refractivity contribution in [1.29, 1.82) is 0 Å². The molecule has 0 bridgehead atoms. The van der Waals surface area contributed by atoms with Crippen molar-refractivity contribution in [1.82, 2.24) is 0 Å². The van der Waals surface area contributed by atoms with Gasteiger partial charge in [-0.3, -0.25) is 4.79 Å². The van der Waals surface area contributed by atoms with Crippen LogP contribution in [-0.2, 0) is 38.3 Å². The van der Waals surface area contributed by atoms with Crippen LogP contribution in [0.2, 0.25) is 0 Å². The van der Waals surface area contributed by atoms with Crippen LogP contribution in [-0.4, -0.2) is 191 Å². The fourth-order valence-corrected chi connectivity index (χ4v) is 15.1. The van der Waals surface area contributed by atoms with Crippen molar-refractivity contribution in [2.75, 3.05) is 19.8 Å². The van der Waals surface area contributed by atoms with E-state index in [1.54, 1.807) is 0 Å². The van der Waals surface area contributed by atoms with Crippen molar-refractivity contribution < 1.29 is 99.5 Å². The molecule has 0 radical (unpaired) electrons. The van der Waals surface area contributed by atoms with E-state index in [0.29, 0.717) is 32.1 Å². The van der Waals surface area contributed by atoms with E-state index in [1.807, 2.05) is 6.92 Å². The molecule has 0 amide bonds. The SMILES string of the molecule is C[C@@H]1[C@H]2C3=CC[C@@H]4[C@@]5(C)C[C@@H](O)[C@H](O)[C@@](C)(CO)[C@@H]5CC[C@@]4(C)[C@]3(C)CC[C@@]2(C(=O)O[C@H]2O[C@@H](CO[C@H]3O[C@@H](CO)[C@H](OO[C@H]4O[C@@H](C)[C@H](O)[C@@H](O)[C@@H]4O)[C@H](O)[C@H]3O)[C@H](O)[C@@H](O)[C@@H]2O)CC[C@@H]1C. The lowest BCUT2D eigenvalue weighted by atomic mass is 9.33. The summed E-state index contributed by atoms with van der Waals surface area (Å²) in [5, 5.41) is 129. The number of fused-ring (bicyclic) bond motifs is 7. The molecule has 3 heterocycles. The van der Waals surface area contributed by atoms with Gasteiger partial charge in [0.25, 0.3) is 0 Å². The van der Waals surface area contributed by atoms with Crippen molar-refractivity contribution in [2.45, 2.75) is 204 Å². The number of ether oxygens (including phenoxy) is 5. The molecule has 0 aromatic carbocycles. The van der Waals surface area contributed by atoms with Crippen molar-refractivity contribution in [3.63, 3.8) is 0 Å². The van der Waals surface area contributed by atoms with Gasteiger partial charge in [-0.2, -0.15) is 0 Å². The molecule has 8 aliphatic rings. The van der Waals surface area contributed by atoms with Crippen LogP contribution in [0.15, 0.2) is 11.6 Å². The van der Waals surface area contributed by atoms with Gasteiger partial charge in [0, 0.05) is 5.41 Å². The second-order valence-corrected chi connectivity index (χ2v) is 23.0. The van der Waals surface area contributed by atoms with Crippen LogP contribution >= 0.6 is 0 Å². The van der Waals surface area contributed by atoms with Gasteiger partial charge in [-0.25, -0.2) is 9.78 Å². The summed E-state index contributed by atoms with van der Waals surface area (Å²) in [5.74, 6) is -0.407. The highest BCUT2D eigenvalue weighted by Gasteiger charge is 2.71. The first kappa shape index (κ1) is 52.8. The van der Waals surface area contributed by atoms with Crippen LogP contribution in [0, 0.1) is 56.7 Å². The van der Waals surface area contributed by atoms with Gasteiger partial charge in [0.1, 0.15) is 67.1 Å². The molecule has 7 fully saturated rings. The molecule has 27 atom stereocenters. The van der Waals surface area contributed by atoms with Gasteiger partial charge in [-0.1, -0.05) is 53.2 Å². The molecule has 0 spiro atoms. The molecule has 0 aromatic rings. The Balaban J connectivity index is 0.968. The minimum absolute atomic E-state index is 0.0138. The Hall–Kier alpha value is -1.51. The molecular formula is C48H78O20. The zero-order valence-electron chi connectivity index (χ0n) is 40.2. The predicted molar refractivity (Wildman–Crippen MR) is 233 cm³/mol. The van der Waals surface area contributed by atoms with Gasteiger partial charge in [0.15, 0.2) is 6.29 Å². The lowest BCUT2D eigenvalue weighted by molar-refractivity contribution is -0.463. The van der Waals surface area contributed by atoms with Gasteiger partial charge >= 0.3 is 5.97 Å². The normalized spacial score (nSPS) is 56.0. The lowest BCUT2D eigenvalue weighted by Gasteiger charge is -2.71. The first-order chi connectivity index (χ1) is 31.9. The zero-order valence-corrected chi connectivity index (χ0v) is 40.2. The first-order valence-electron chi connectivity index (χ1n) is 24.7. The van der Waals surface area contributed by atoms with Gasteiger partial charge in [0.2, 0.25) is 12.6 Å². The molecule has 68 heavy (non-hydrogen) atoms. The molecule has 4 saturated carbocycles. The number of aliphatic hydroxyl groups excluding tert-OH is 12. The highest BCUT2D eigenvalue weighted by atomic mass is 17.2. The molecule has 0 unspecified atom stereocenters. The Morgan fingerprint density at radius 3 is 2.01 bits per heavy atom. The summed E-state index contributed by atoms with van der Waals surface area (Å²) in [5.41, 5.74) is -1.66. The summed E-state index contributed by atoms with van der Waals surface area (Å²) in [7, 11) is 0. The smallest absolute Gasteiger partial charge is 0.315 e. The maximum atomic E-state index is 15.0. The quantitative estimate of drug-likeness (QED) is 0.0535. The molecule has 8 rings (SSSR count). The van der Waals surface area contributed by atoms with E-state index in [1.165, 1.54) is 12.5 Å². The number of esters is 1. The highest BCUT2D eigenvalue weighted by molar-refractivity contribution is 5.79. The maximum Gasteiger partial charge on any atom is 0.315 e. The second-order valence-electron chi connectivity index (χ2n) is 23.0. The molecule has 12 N–H and O–H groups in total. The average molecular weight is 975 g/mol. The summed E-state index contributed by atoms with van der Waals surface area (Å²) in [4.78, 5) is 25.3. The first-order valence-corrected chi connectivity index (χ1v) is 24.7. The Bertz CT molecular complexity index is 1840. The van der Waals surface area contributed by atoms with Crippen molar-refractivity contribution in [3.8, 4) is 0 Å². The van der Waals surface area contributed by atoms with Crippen LogP contribution in [0.3, 0.4) is 0 Å². The van der Waals surface area contributed by atoms with Crippen LogP contribution in [0.25, 0.3) is 0 Å². The van der Waals surface area contributed by atoms with Crippen molar-refractivity contribution in [2.24, 2.45) is 56.7 Å². The van der Waals surface area contributed by atoms with E-state index in [0.717, 1.165) is 19.3 Å². The van der Waals surface area contributed by atoms with Gasteiger partial charge < -0.3 is 85.0 Å². The molecule has 3 saturated heterocycles. The summed E-state index contributed by atoms with van der Waals surface area (Å²) in [6.45, 7) is 12.9. The molecule has 20 heteroatoms. The van der Waals surface area contributed by atoms with E-state index in [4.69, 9.17) is 33.5 Å². The highest BCUT2D eigenvalue weighted by Crippen LogP contribution is 2.76. The molecule has 20 nitrogen and oxygen atoms in total. The lowest BCUT2D eigenvalue weighted by Crippen LogP contribution is -2.68. The minimum atomic E-state index is -1.88. The van der Waals surface area contributed by atoms with E-state index in [-0.39, 0.29) is 52.4 Å². The van der Waals surface area contributed by atoms with Crippen LogP contribution < -0.4 is 0 Å².